The van der Waals surface area contributed by atoms with Crippen molar-refractivity contribution >= 4 is 21.9 Å². The summed E-state index contributed by atoms with van der Waals surface area (Å²) >= 11 is 0. The Hall–Kier alpha value is -2.22. The number of morpholine rings is 1. The van der Waals surface area contributed by atoms with Crippen LogP contribution in [0.2, 0.25) is 0 Å². The molecular weight excluding hydrogens is 426 g/mol. The number of urea groups is 1. The normalized spacial score (nSPS) is 19.0. The first-order chi connectivity index (χ1) is 14.3. The number of amides is 2. The Balaban J connectivity index is 1.58. The second-order valence-electron chi connectivity index (χ2n) is 6.58. The van der Waals surface area contributed by atoms with Crippen LogP contribution in [0.15, 0.2) is 18.2 Å². The van der Waals surface area contributed by atoms with Crippen molar-refractivity contribution < 1.29 is 36.2 Å². The Labute approximate surface area is 173 Å². The summed E-state index contributed by atoms with van der Waals surface area (Å²) in [6.45, 7) is -0.969. The molecule has 2 aliphatic heterocycles. The van der Waals surface area contributed by atoms with Crippen molar-refractivity contribution in [2.24, 2.45) is 0 Å². The van der Waals surface area contributed by atoms with Gasteiger partial charge in [-0.05, 0) is 12.1 Å². The quantitative estimate of drug-likeness (QED) is 0.695. The van der Waals surface area contributed by atoms with Crippen LogP contribution in [0, 0.1) is 0 Å². The summed E-state index contributed by atoms with van der Waals surface area (Å²) in [5.74, 6) is -0.0954. The van der Waals surface area contributed by atoms with E-state index < -0.39 is 22.9 Å². The standard InChI is InChI=1S/C17H24F2N4O6S/c1-27-14-3-2-13(12-15(14)29-16(18)19)20-17(24)21-4-6-22(7-5-21)30(25,26)23-8-10-28-11-9-23/h2-3,12,16H,4-11H2,1H3,(H,20,24). The molecule has 0 radical (unpaired) electrons. The van der Waals surface area contributed by atoms with Gasteiger partial charge in [-0.2, -0.15) is 25.8 Å². The first-order valence-electron chi connectivity index (χ1n) is 9.33. The molecule has 0 aromatic heterocycles. The largest absolute Gasteiger partial charge is 0.493 e. The molecule has 3 rings (SSSR count). The van der Waals surface area contributed by atoms with Crippen LogP contribution in [0.5, 0.6) is 11.5 Å². The van der Waals surface area contributed by atoms with Crippen molar-refractivity contribution in [3.8, 4) is 11.5 Å². The van der Waals surface area contributed by atoms with E-state index in [1.807, 2.05) is 0 Å². The summed E-state index contributed by atoms with van der Waals surface area (Å²) in [6, 6.07) is 3.67. The van der Waals surface area contributed by atoms with E-state index in [-0.39, 0.29) is 43.4 Å². The van der Waals surface area contributed by atoms with Gasteiger partial charge < -0.3 is 24.4 Å². The third kappa shape index (κ3) is 5.28. The summed E-state index contributed by atoms with van der Waals surface area (Å²) < 4.78 is 67.8. The second-order valence-corrected chi connectivity index (χ2v) is 8.51. The van der Waals surface area contributed by atoms with Gasteiger partial charge in [0.2, 0.25) is 0 Å². The number of nitrogens with one attached hydrogen (secondary N) is 1. The summed E-state index contributed by atoms with van der Waals surface area (Å²) in [6.07, 6.45) is 0. The molecule has 1 N–H and O–H groups in total. The van der Waals surface area contributed by atoms with E-state index in [0.717, 1.165) is 0 Å². The summed E-state index contributed by atoms with van der Waals surface area (Å²) in [7, 11) is -2.28. The Bertz CT molecular complexity index is 843. The number of hydrogen-bond acceptors (Lipinski definition) is 6. The highest BCUT2D eigenvalue weighted by Crippen LogP contribution is 2.31. The fraction of sp³-hybridized carbons (Fsp3) is 0.588. The van der Waals surface area contributed by atoms with Gasteiger partial charge in [0, 0.05) is 51.0 Å². The minimum atomic E-state index is -3.59. The van der Waals surface area contributed by atoms with E-state index in [1.54, 1.807) is 0 Å². The number of halogens is 2. The number of carbonyl (C=O) groups is 1. The predicted molar refractivity (Wildman–Crippen MR) is 103 cm³/mol. The van der Waals surface area contributed by atoms with Gasteiger partial charge in [-0.1, -0.05) is 0 Å². The molecule has 2 fully saturated rings. The number of carbonyl (C=O) groups excluding carboxylic acids is 1. The van der Waals surface area contributed by atoms with Gasteiger partial charge in [-0.3, -0.25) is 0 Å². The van der Waals surface area contributed by atoms with E-state index >= 15 is 0 Å². The minimum Gasteiger partial charge on any atom is -0.493 e. The maximum atomic E-state index is 12.7. The smallest absolute Gasteiger partial charge is 0.387 e. The summed E-state index contributed by atoms with van der Waals surface area (Å²) in [5, 5.41) is 2.61. The van der Waals surface area contributed by atoms with Crippen molar-refractivity contribution in [3.63, 3.8) is 0 Å². The summed E-state index contributed by atoms with van der Waals surface area (Å²) in [4.78, 5) is 14.0. The number of alkyl halides is 2. The van der Waals surface area contributed by atoms with Crippen molar-refractivity contribution in [2.75, 3.05) is 64.9 Å². The van der Waals surface area contributed by atoms with Crippen molar-refractivity contribution in [1.82, 2.24) is 13.5 Å². The first kappa shape index (κ1) is 22.5. The van der Waals surface area contributed by atoms with Gasteiger partial charge in [0.1, 0.15) is 0 Å². The van der Waals surface area contributed by atoms with Gasteiger partial charge in [-0.25, -0.2) is 4.79 Å². The molecule has 30 heavy (non-hydrogen) atoms. The number of rotatable bonds is 6. The number of hydrogen-bond donors (Lipinski definition) is 1. The van der Waals surface area contributed by atoms with Crippen LogP contribution in [0.25, 0.3) is 0 Å². The molecule has 2 heterocycles. The van der Waals surface area contributed by atoms with Crippen LogP contribution >= 0.6 is 0 Å². The number of methoxy groups -OCH3 is 1. The van der Waals surface area contributed by atoms with Crippen molar-refractivity contribution in [1.29, 1.82) is 0 Å². The molecule has 1 aromatic rings. The predicted octanol–water partition coefficient (Wildman–Crippen LogP) is 1.02. The Morgan fingerprint density at radius 3 is 2.30 bits per heavy atom. The highest BCUT2D eigenvalue weighted by atomic mass is 32.2. The number of ether oxygens (including phenoxy) is 3. The lowest BCUT2D eigenvalue weighted by molar-refractivity contribution is -0.0511. The molecule has 13 heteroatoms. The molecule has 2 saturated heterocycles. The number of anilines is 1. The lowest BCUT2D eigenvalue weighted by Gasteiger charge is -2.37. The van der Waals surface area contributed by atoms with Crippen LogP contribution in [0.1, 0.15) is 0 Å². The Morgan fingerprint density at radius 2 is 1.70 bits per heavy atom. The van der Waals surface area contributed by atoms with Crippen LogP contribution in [-0.2, 0) is 14.9 Å². The average Bonchev–Trinajstić information content (AvgIpc) is 2.74. The molecule has 2 aliphatic rings. The molecule has 0 saturated carbocycles. The highest BCUT2D eigenvalue weighted by molar-refractivity contribution is 7.86. The lowest BCUT2D eigenvalue weighted by atomic mass is 10.2. The van der Waals surface area contributed by atoms with E-state index in [4.69, 9.17) is 9.47 Å². The monoisotopic (exact) mass is 450 g/mol. The first-order valence-corrected chi connectivity index (χ1v) is 10.7. The lowest BCUT2D eigenvalue weighted by Crippen LogP contribution is -2.56. The molecule has 0 bridgehead atoms. The maximum Gasteiger partial charge on any atom is 0.387 e. The number of piperazine rings is 1. The van der Waals surface area contributed by atoms with Crippen LogP contribution < -0.4 is 14.8 Å². The summed E-state index contributed by atoms with van der Waals surface area (Å²) in [5.41, 5.74) is 0.250. The molecule has 0 spiro atoms. The average molecular weight is 450 g/mol. The molecule has 0 atom stereocenters. The van der Waals surface area contributed by atoms with E-state index in [0.29, 0.717) is 26.3 Å². The van der Waals surface area contributed by atoms with Gasteiger partial charge in [0.15, 0.2) is 11.5 Å². The fourth-order valence-corrected chi connectivity index (χ4v) is 4.77. The van der Waals surface area contributed by atoms with Crippen LogP contribution in [0.3, 0.4) is 0 Å². The molecule has 1 aromatic carbocycles. The minimum absolute atomic E-state index is 0.107. The third-order valence-electron chi connectivity index (χ3n) is 4.78. The molecule has 0 unspecified atom stereocenters. The van der Waals surface area contributed by atoms with E-state index in [1.165, 1.54) is 38.8 Å². The van der Waals surface area contributed by atoms with Crippen molar-refractivity contribution in [3.05, 3.63) is 18.2 Å². The zero-order valence-corrected chi connectivity index (χ0v) is 17.2. The molecule has 0 aliphatic carbocycles. The Kier molecular flexibility index (Phi) is 7.28. The molecular formula is C17H24F2N4O6S. The molecule has 10 nitrogen and oxygen atoms in total. The SMILES string of the molecule is COc1ccc(NC(=O)N2CCN(S(=O)(=O)N3CCOCC3)CC2)cc1OC(F)F. The fourth-order valence-electron chi connectivity index (χ4n) is 3.21. The van der Waals surface area contributed by atoms with E-state index in [9.17, 15) is 22.0 Å². The molecule has 168 valence electrons. The van der Waals surface area contributed by atoms with Crippen LogP contribution in [-0.4, -0.2) is 94.2 Å². The highest BCUT2D eigenvalue weighted by Gasteiger charge is 2.34. The van der Waals surface area contributed by atoms with Gasteiger partial charge in [0.05, 0.1) is 20.3 Å². The maximum absolute atomic E-state index is 12.7. The van der Waals surface area contributed by atoms with Crippen molar-refractivity contribution in [2.45, 2.75) is 6.61 Å². The number of benzene rings is 1. The van der Waals surface area contributed by atoms with Crippen LogP contribution in [0.4, 0.5) is 19.3 Å². The second kappa shape index (κ2) is 9.73. The molecule has 2 amide bonds. The third-order valence-corrected chi connectivity index (χ3v) is 6.81. The van der Waals surface area contributed by atoms with Gasteiger partial charge in [-0.15, -0.1) is 0 Å². The topological polar surface area (TPSA) is 101 Å². The van der Waals surface area contributed by atoms with Gasteiger partial charge >= 0.3 is 12.6 Å². The Morgan fingerprint density at radius 1 is 1.07 bits per heavy atom. The number of nitrogens with zero attached hydrogens (tertiary/aromatic N) is 3. The zero-order valence-electron chi connectivity index (χ0n) is 16.4. The zero-order chi connectivity index (χ0) is 21.7. The van der Waals surface area contributed by atoms with E-state index in [2.05, 4.69) is 10.1 Å². The van der Waals surface area contributed by atoms with Gasteiger partial charge in [0.25, 0.3) is 10.2 Å².